The van der Waals surface area contributed by atoms with Gasteiger partial charge in [-0.1, -0.05) is 67.8 Å². The Hall–Kier alpha value is -2.59. The molecule has 31 heavy (non-hydrogen) atoms. The Bertz CT molecular complexity index is 1010. The van der Waals surface area contributed by atoms with Gasteiger partial charge in [0.25, 0.3) is 0 Å². The van der Waals surface area contributed by atoms with Crippen molar-refractivity contribution in [2.45, 2.75) is 51.2 Å². The standard InChI is InChI=1S/C27H32N2O2/c30-19-29-15-14-24-23-12-6-7-13-25(23)28-27(24)26(31-18-20-8-2-1-3-9-20)16-21-10-4-5-11-22(21)17-29/h1-3,6-9,12-13,19,21-22,26,28H,4-5,10-11,14-18H2. The van der Waals surface area contributed by atoms with Gasteiger partial charge in [-0.25, -0.2) is 0 Å². The minimum Gasteiger partial charge on any atom is -0.367 e. The lowest BCUT2D eigenvalue weighted by molar-refractivity contribution is -0.119. The molecule has 5 rings (SSSR count). The van der Waals surface area contributed by atoms with Gasteiger partial charge in [-0.05, 0) is 48.3 Å². The molecule has 1 N–H and O–H groups in total. The Balaban J connectivity index is 1.52. The van der Waals surface area contributed by atoms with Gasteiger partial charge in [-0.2, -0.15) is 0 Å². The number of hydrogen-bond donors (Lipinski definition) is 1. The van der Waals surface area contributed by atoms with E-state index in [0.717, 1.165) is 37.9 Å². The Labute approximate surface area is 184 Å². The Kier molecular flexibility index (Phi) is 6.08. The summed E-state index contributed by atoms with van der Waals surface area (Å²) in [5, 5.41) is 1.26. The topological polar surface area (TPSA) is 45.3 Å². The van der Waals surface area contributed by atoms with E-state index in [1.165, 1.54) is 47.9 Å². The highest BCUT2D eigenvalue weighted by molar-refractivity contribution is 5.84. The van der Waals surface area contributed by atoms with Crippen LogP contribution >= 0.6 is 0 Å². The van der Waals surface area contributed by atoms with Gasteiger partial charge in [-0.3, -0.25) is 4.79 Å². The first kappa shape index (κ1) is 20.3. The summed E-state index contributed by atoms with van der Waals surface area (Å²) in [7, 11) is 0. The molecule has 1 amide bonds. The minimum absolute atomic E-state index is 0.0518. The first-order chi connectivity index (χ1) is 15.3. The number of nitrogens with zero attached hydrogens (tertiary/aromatic N) is 1. The molecule has 4 heteroatoms. The molecule has 1 aromatic heterocycles. The van der Waals surface area contributed by atoms with E-state index in [4.69, 9.17) is 4.74 Å². The van der Waals surface area contributed by atoms with Crippen molar-refractivity contribution in [2.24, 2.45) is 11.8 Å². The van der Waals surface area contributed by atoms with Crippen LogP contribution in [0.1, 0.15) is 55.0 Å². The third-order valence-corrected chi connectivity index (χ3v) is 7.31. The van der Waals surface area contributed by atoms with Crippen molar-refractivity contribution < 1.29 is 9.53 Å². The van der Waals surface area contributed by atoms with Gasteiger partial charge in [0.05, 0.1) is 12.7 Å². The molecule has 1 aliphatic heterocycles. The molecule has 2 aromatic carbocycles. The van der Waals surface area contributed by atoms with Crippen LogP contribution in [0.3, 0.4) is 0 Å². The number of hydrogen-bond acceptors (Lipinski definition) is 2. The van der Waals surface area contributed by atoms with Gasteiger partial charge < -0.3 is 14.6 Å². The maximum Gasteiger partial charge on any atom is 0.209 e. The van der Waals surface area contributed by atoms with E-state index in [0.29, 0.717) is 18.4 Å². The van der Waals surface area contributed by atoms with Gasteiger partial charge in [0.1, 0.15) is 0 Å². The van der Waals surface area contributed by atoms with E-state index in [-0.39, 0.29) is 6.10 Å². The molecule has 3 aromatic rings. The largest absolute Gasteiger partial charge is 0.367 e. The molecule has 1 aliphatic carbocycles. The lowest BCUT2D eigenvalue weighted by atomic mass is 9.75. The van der Waals surface area contributed by atoms with Crippen molar-refractivity contribution in [3.63, 3.8) is 0 Å². The average Bonchev–Trinajstić information content (AvgIpc) is 3.19. The normalized spacial score (nSPS) is 24.4. The maximum atomic E-state index is 11.8. The summed E-state index contributed by atoms with van der Waals surface area (Å²) in [6.45, 7) is 2.28. The summed E-state index contributed by atoms with van der Waals surface area (Å²) >= 11 is 0. The molecule has 2 aliphatic rings. The molecule has 4 nitrogen and oxygen atoms in total. The van der Waals surface area contributed by atoms with Crippen LogP contribution in [0.15, 0.2) is 54.6 Å². The summed E-state index contributed by atoms with van der Waals surface area (Å²) in [5.74, 6) is 1.17. The monoisotopic (exact) mass is 416 g/mol. The van der Waals surface area contributed by atoms with Crippen LogP contribution in [0, 0.1) is 11.8 Å². The maximum absolute atomic E-state index is 11.8. The number of carbonyl (C=O) groups is 1. The zero-order valence-corrected chi connectivity index (χ0v) is 18.1. The lowest BCUT2D eigenvalue weighted by Crippen LogP contribution is -2.36. The number of aromatic amines is 1. The average molecular weight is 417 g/mol. The number of aromatic nitrogens is 1. The van der Waals surface area contributed by atoms with Crippen LogP contribution in [-0.4, -0.2) is 29.4 Å². The van der Waals surface area contributed by atoms with Crippen molar-refractivity contribution in [3.8, 4) is 0 Å². The van der Waals surface area contributed by atoms with Gasteiger partial charge in [0.2, 0.25) is 6.41 Å². The van der Waals surface area contributed by atoms with Crippen molar-refractivity contribution in [1.29, 1.82) is 0 Å². The van der Waals surface area contributed by atoms with Crippen LogP contribution in [0.4, 0.5) is 0 Å². The first-order valence-electron chi connectivity index (χ1n) is 11.8. The summed E-state index contributed by atoms with van der Waals surface area (Å²) in [6, 6.07) is 19.0. The second-order valence-electron chi connectivity index (χ2n) is 9.24. The molecule has 0 radical (unpaired) electrons. The van der Waals surface area contributed by atoms with Crippen molar-refractivity contribution >= 4 is 17.3 Å². The Morgan fingerprint density at radius 2 is 1.77 bits per heavy atom. The van der Waals surface area contributed by atoms with Crippen molar-refractivity contribution in [3.05, 3.63) is 71.4 Å². The highest BCUT2D eigenvalue weighted by Gasteiger charge is 2.32. The molecule has 0 bridgehead atoms. The molecule has 0 saturated heterocycles. The van der Waals surface area contributed by atoms with E-state index in [1.54, 1.807) is 0 Å². The first-order valence-corrected chi connectivity index (χ1v) is 11.8. The van der Waals surface area contributed by atoms with E-state index >= 15 is 0 Å². The SMILES string of the molecule is O=CN1CCc2c([nH]c3ccccc23)C(OCc2ccccc2)CC2CCCCC2C1. The van der Waals surface area contributed by atoms with Gasteiger partial charge >= 0.3 is 0 Å². The molecule has 1 saturated carbocycles. The molecule has 3 atom stereocenters. The van der Waals surface area contributed by atoms with Crippen LogP contribution in [0.5, 0.6) is 0 Å². The molecular formula is C27H32N2O2. The third-order valence-electron chi connectivity index (χ3n) is 7.31. The molecular weight excluding hydrogens is 384 g/mol. The summed E-state index contributed by atoms with van der Waals surface area (Å²) in [5.41, 5.74) is 4.91. The predicted molar refractivity (Wildman–Crippen MR) is 124 cm³/mol. The van der Waals surface area contributed by atoms with E-state index in [1.807, 2.05) is 11.0 Å². The van der Waals surface area contributed by atoms with E-state index < -0.39 is 0 Å². The third kappa shape index (κ3) is 4.40. The zero-order valence-electron chi connectivity index (χ0n) is 18.1. The quantitative estimate of drug-likeness (QED) is 0.560. The fraction of sp³-hybridized carbons (Fsp3) is 0.444. The summed E-state index contributed by atoms with van der Waals surface area (Å²) in [6.07, 6.45) is 8.01. The molecule has 2 heterocycles. The van der Waals surface area contributed by atoms with Crippen LogP contribution in [0.25, 0.3) is 10.9 Å². The lowest BCUT2D eigenvalue weighted by Gasteiger charge is -2.37. The highest BCUT2D eigenvalue weighted by atomic mass is 16.5. The number of fused-ring (bicyclic) bond motifs is 4. The van der Waals surface area contributed by atoms with Crippen LogP contribution < -0.4 is 0 Å². The highest BCUT2D eigenvalue weighted by Crippen LogP contribution is 2.41. The number of H-pyrrole nitrogens is 1. The zero-order chi connectivity index (χ0) is 21.0. The van der Waals surface area contributed by atoms with E-state index in [9.17, 15) is 4.79 Å². The van der Waals surface area contributed by atoms with Gasteiger partial charge in [-0.15, -0.1) is 0 Å². The van der Waals surface area contributed by atoms with Gasteiger partial charge in [0, 0.05) is 29.7 Å². The Morgan fingerprint density at radius 3 is 2.61 bits per heavy atom. The summed E-state index contributed by atoms with van der Waals surface area (Å²) < 4.78 is 6.64. The smallest absolute Gasteiger partial charge is 0.209 e. The van der Waals surface area contributed by atoms with Crippen LogP contribution in [0.2, 0.25) is 0 Å². The number of carbonyl (C=O) groups excluding carboxylic acids is 1. The Morgan fingerprint density at radius 1 is 1.00 bits per heavy atom. The van der Waals surface area contributed by atoms with Crippen LogP contribution in [-0.2, 0) is 22.6 Å². The number of nitrogens with one attached hydrogen (secondary N) is 1. The number of rotatable bonds is 4. The molecule has 1 fully saturated rings. The summed E-state index contributed by atoms with van der Waals surface area (Å²) in [4.78, 5) is 17.6. The number of ether oxygens (including phenoxy) is 1. The predicted octanol–water partition coefficient (Wildman–Crippen LogP) is 5.64. The number of amides is 1. The molecule has 0 spiro atoms. The minimum atomic E-state index is 0.0518. The van der Waals surface area contributed by atoms with Gasteiger partial charge in [0.15, 0.2) is 0 Å². The second kappa shape index (κ2) is 9.27. The second-order valence-corrected chi connectivity index (χ2v) is 9.24. The fourth-order valence-electron chi connectivity index (χ4n) is 5.66. The van der Waals surface area contributed by atoms with E-state index in [2.05, 4.69) is 53.5 Å². The fourth-order valence-corrected chi connectivity index (χ4v) is 5.66. The number of benzene rings is 2. The molecule has 3 unspecified atom stereocenters. The molecule has 162 valence electrons. The number of para-hydroxylation sites is 1. The van der Waals surface area contributed by atoms with Crippen molar-refractivity contribution in [2.75, 3.05) is 13.1 Å². The van der Waals surface area contributed by atoms with Crippen molar-refractivity contribution in [1.82, 2.24) is 9.88 Å².